The van der Waals surface area contributed by atoms with E-state index in [4.69, 9.17) is 4.98 Å². The van der Waals surface area contributed by atoms with E-state index in [2.05, 4.69) is 41.5 Å². The van der Waals surface area contributed by atoms with Crippen molar-refractivity contribution in [1.82, 2.24) is 14.5 Å². The highest BCUT2D eigenvalue weighted by Crippen LogP contribution is 2.32. The minimum atomic E-state index is -0.712. The summed E-state index contributed by atoms with van der Waals surface area (Å²) in [5, 5.41) is 9.48. The third-order valence-electron chi connectivity index (χ3n) is 5.07. The second kappa shape index (κ2) is 6.93. The van der Waals surface area contributed by atoms with E-state index in [0.29, 0.717) is 18.4 Å². The summed E-state index contributed by atoms with van der Waals surface area (Å²) in [6, 6.07) is 8.21. The second-order valence-electron chi connectivity index (χ2n) is 7.02. The van der Waals surface area contributed by atoms with Crippen LogP contribution in [0.2, 0.25) is 0 Å². The first-order chi connectivity index (χ1) is 11.5. The van der Waals surface area contributed by atoms with Crippen LogP contribution in [0.3, 0.4) is 0 Å². The number of rotatable bonds is 5. The van der Waals surface area contributed by atoms with Crippen LogP contribution in [-0.2, 0) is 4.79 Å². The Bertz CT molecular complexity index is 722. The molecule has 1 fully saturated rings. The van der Waals surface area contributed by atoms with Crippen molar-refractivity contribution >= 4 is 17.0 Å². The van der Waals surface area contributed by atoms with Gasteiger partial charge < -0.3 is 9.67 Å². The number of para-hydroxylation sites is 2. The van der Waals surface area contributed by atoms with Gasteiger partial charge in [0, 0.05) is 18.5 Å². The van der Waals surface area contributed by atoms with Gasteiger partial charge in [-0.1, -0.05) is 19.1 Å². The molecule has 5 heteroatoms. The van der Waals surface area contributed by atoms with E-state index in [1.165, 1.54) is 5.52 Å². The zero-order valence-electron chi connectivity index (χ0n) is 14.8. The number of hydrogen-bond acceptors (Lipinski definition) is 3. The minimum absolute atomic E-state index is 0.293. The monoisotopic (exact) mass is 329 g/mol. The molecule has 1 saturated heterocycles. The molecule has 2 heterocycles. The highest BCUT2D eigenvalue weighted by molar-refractivity contribution is 5.76. The lowest BCUT2D eigenvalue weighted by molar-refractivity contribution is -0.144. The first-order valence-corrected chi connectivity index (χ1v) is 8.96. The summed E-state index contributed by atoms with van der Waals surface area (Å²) in [6.07, 6.45) is 2.74. The molecule has 1 aliphatic heterocycles. The Hall–Kier alpha value is -1.88. The van der Waals surface area contributed by atoms with E-state index in [1.54, 1.807) is 0 Å². The highest BCUT2D eigenvalue weighted by Gasteiger charge is 2.32. The minimum Gasteiger partial charge on any atom is -0.480 e. The maximum absolute atomic E-state index is 11.5. The fraction of sp³-hybridized carbons (Fsp3) is 0.579. The Morgan fingerprint density at radius 3 is 2.79 bits per heavy atom. The molecule has 24 heavy (non-hydrogen) atoms. The van der Waals surface area contributed by atoms with E-state index >= 15 is 0 Å². The third kappa shape index (κ3) is 3.05. The van der Waals surface area contributed by atoms with E-state index in [9.17, 15) is 9.90 Å². The van der Waals surface area contributed by atoms with Crippen LogP contribution in [0.5, 0.6) is 0 Å². The van der Waals surface area contributed by atoms with E-state index in [-0.39, 0.29) is 6.04 Å². The topological polar surface area (TPSA) is 58.4 Å². The van der Waals surface area contributed by atoms with Gasteiger partial charge in [0.2, 0.25) is 0 Å². The van der Waals surface area contributed by atoms with Crippen molar-refractivity contribution in [2.45, 2.75) is 58.0 Å². The van der Waals surface area contributed by atoms with Gasteiger partial charge in [0.1, 0.15) is 11.9 Å². The van der Waals surface area contributed by atoms with Crippen molar-refractivity contribution in [3.8, 4) is 0 Å². The Morgan fingerprint density at radius 2 is 2.12 bits per heavy atom. The summed E-state index contributed by atoms with van der Waals surface area (Å²) in [4.78, 5) is 18.6. The summed E-state index contributed by atoms with van der Waals surface area (Å²) in [7, 11) is 0. The summed E-state index contributed by atoms with van der Waals surface area (Å²) in [5.41, 5.74) is 2.20. The standard InChI is InChI=1S/C19H27N3O2/c1-4-16(19(23)24)21-11-7-8-14(12-21)18-20-15-9-5-6-10-17(15)22(18)13(2)3/h5-6,9-10,13-14,16H,4,7-8,11-12H2,1-3H3,(H,23,24)/t14-,16-/m0/s1. The summed E-state index contributed by atoms with van der Waals surface area (Å²) in [5.74, 6) is 0.689. The Labute approximate surface area is 143 Å². The molecular weight excluding hydrogens is 302 g/mol. The predicted molar refractivity (Wildman–Crippen MR) is 95.4 cm³/mol. The van der Waals surface area contributed by atoms with Crippen LogP contribution in [0.25, 0.3) is 11.0 Å². The number of nitrogens with zero attached hydrogens (tertiary/aromatic N) is 3. The van der Waals surface area contributed by atoms with E-state index in [1.807, 2.05) is 13.0 Å². The predicted octanol–water partition coefficient (Wildman–Crippen LogP) is 3.66. The van der Waals surface area contributed by atoms with Gasteiger partial charge in [-0.25, -0.2) is 4.98 Å². The quantitative estimate of drug-likeness (QED) is 0.909. The van der Waals surface area contributed by atoms with Crippen LogP contribution >= 0.6 is 0 Å². The van der Waals surface area contributed by atoms with Gasteiger partial charge in [0.05, 0.1) is 11.0 Å². The molecule has 1 N–H and O–H groups in total. The maximum Gasteiger partial charge on any atom is 0.320 e. The smallest absolute Gasteiger partial charge is 0.320 e. The number of likely N-dealkylation sites (tertiary alicyclic amines) is 1. The lowest BCUT2D eigenvalue weighted by atomic mass is 9.95. The van der Waals surface area contributed by atoms with Crippen molar-refractivity contribution < 1.29 is 9.90 Å². The molecule has 0 aliphatic carbocycles. The molecule has 0 spiro atoms. The van der Waals surface area contributed by atoms with E-state index in [0.717, 1.165) is 37.3 Å². The van der Waals surface area contributed by atoms with Gasteiger partial charge in [-0.2, -0.15) is 0 Å². The molecule has 3 rings (SSSR count). The normalized spacial score (nSPS) is 20.6. The summed E-state index contributed by atoms with van der Waals surface area (Å²) < 4.78 is 2.32. The van der Waals surface area contributed by atoms with Crippen LogP contribution in [0.15, 0.2) is 24.3 Å². The van der Waals surface area contributed by atoms with Crippen LogP contribution in [0, 0.1) is 0 Å². The van der Waals surface area contributed by atoms with Crippen molar-refractivity contribution in [1.29, 1.82) is 0 Å². The van der Waals surface area contributed by atoms with Gasteiger partial charge in [-0.15, -0.1) is 0 Å². The fourth-order valence-electron chi connectivity index (χ4n) is 3.98. The van der Waals surface area contributed by atoms with Crippen molar-refractivity contribution in [3.05, 3.63) is 30.1 Å². The lowest BCUT2D eigenvalue weighted by Gasteiger charge is -2.36. The molecule has 0 bridgehead atoms. The molecule has 5 nitrogen and oxygen atoms in total. The number of carboxylic acids is 1. The molecule has 0 radical (unpaired) electrons. The van der Waals surface area contributed by atoms with Gasteiger partial charge in [-0.3, -0.25) is 9.69 Å². The fourth-order valence-corrected chi connectivity index (χ4v) is 3.98. The zero-order chi connectivity index (χ0) is 17.3. The van der Waals surface area contributed by atoms with Crippen LogP contribution in [0.1, 0.15) is 57.8 Å². The summed E-state index contributed by atoms with van der Waals surface area (Å²) in [6.45, 7) is 7.96. The lowest BCUT2D eigenvalue weighted by Crippen LogP contribution is -2.46. The molecular formula is C19H27N3O2. The molecule has 1 aromatic carbocycles. The number of carboxylic acid groups (broad SMARTS) is 1. The molecule has 1 aliphatic rings. The highest BCUT2D eigenvalue weighted by atomic mass is 16.4. The number of hydrogen-bond donors (Lipinski definition) is 1. The Morgan fingerprint density at radius 1 is 1.38 bits per heavy atom. The van der Waals surface area contributed by atoms with Crippen LogP contribution in [0.4, 0.5) is 0 Å². The Balaban J connectivity index is 1.95. The second-order valence-corrected chi connectivity index (χ2v) is 7.02. The largest absolute Gasteiger partial charge is 0.480 e. The van der Waals surface area contributed by atoms with Gasteiger partial charge in [-0.05, 0) is 51.8 Å². The Kier molecular flexibility index (Phi) is 4.90. The SMILES string of the molecule is CC[C@@H](C(=O)O)N1CCC[C@H](c2nc3ccccc3n2C(C)C)C1. The number of aliphatic carboxylic acids is 1. The molecule has 2 atom stereocenters. The average Bonchev–Trinajstić information content (AvgIpc) is 2.95. The maximum atomic E-state index is 11.5. The van der Waals surface area contributed by atoms with Gasteiger partial charge in [0.25, 0.3) is 0 Å². The first kappa shape index (κ1) is 17.0. The summed E-state index contributed by atoms with van der Waals surface area (Å²) >= 11 is 0. The first-order valence-electron chi connectivity index (χ1n) is 8.96. The number of imidazole rings is 1. The molecule has 1 aromatic heterocycles. The number of fused-ring (bicyclic) bond motifs is 1. The van der Waals surface area contributed by atoms with E-state index < -0.39 is 5.97 Å². The average molecular weight is 329 g/mol. The molecule has 0 amide bonds. The van der Waals surface area contributed by atoms with Crippen molar-refractivity contribution in [2.75, 3.05) is 13.1 Å². The van der Waals surface area contributed by atoms with Crippen molar-refractivity contribution in [3.63, 3.8) is 0 Å². The molecule has 0 saturated carbocycles. The van der Waals surface area contributed by atoms with Gasteiger partial charge in [0.15, 0.2) is 0 Å². The zero-order valence-corrected chi connectivity index (χ0v) is 14.8. The number of aromatic nitrogens is 2. The molecule has 130 valence electrons. The third-order valence-corrected chi connectivity index (χ3v) is 5.07. The number of piperidine rings is 1. The number of carbonyl (C=O) groups is 1. The molecule has 0 unspecified atom stereocenters. The van der Waals surface area contributed by atoms with Gasteiger partial charge >= 0.3 is 5.97 Å². The van der Waals surface area contributed by atoms with Crippen molar-refractivity contribution in [2.24, 2.45) is 0 Å². The van der Waals surface area contributed by atoms with Crippen LogP contribution in [-0.4, -0.2) is 44.7 Å². The van der Waals surface area contributed by atoms with Crippen LogP contribution < -0.4 is 0 Å². The number of benzene rings is 1. The molecule has 2 aromatic rings.